The Morgan fingerprint density at radius 1 is 0.846 bits per heavy atom. The Balaban J connectivity index is 1.90. The minimum Gasteiger partial charge on any atom is -0.398 e. The largest absolute Gasteiger partial charge is 0.398 e. The van der Waals surface area contributed by atoms with Gasteiger partial charge in [0.25, 0.3) is 0 Å². The molecule has 0 saturated carbocycles. The summed E-state index contributed by atoms with van der Waals surface area (Å²) in [5.74, 6) is 0. The van der Waals surface area contributed by atoms with E-state index >= 15 is 0 Å². The number of nitrogen functional groups attached to an aromatic ring is 1. The average Bonchev–Trinajstić information content (AvgIpc) is 3.14. The van der Waals surface area contributed by atoms with Gasteiger partial charge in [0.05, 0.1) is 28.7 Å². The molecule has 0 aliphatic rings. The van der Waals surface area contributed by atoms with Gasteiger partial charge in [0.1, 0.15) is 0 Å². The predicted octanol–water partition coefficient (Wildman–Crippen LogP) is 4.66. The van der Waals surface area contributed by atoms with Crippen molar-refractivity contribution in [2.24, 2.45) is 0 Å². The van der Waals surface area contributed by atoms with Crippen molar-refractivity contribution in [3.63, 3.8) is 0 Å². The highest BCUT2D eigenvalue weighted by molar-refractivity contribution is 5.78. The SMILES string of the molecule is N#Cc1ccc(-c2cc(-c3ccccc3N)n(-c3ccccc3)n2)cc1. The van der Waals surface area contributed by atoms with Crippen LogP contribution in [-0.2, 0) is 0 Å². The van der Waals surface area contributed by atoms with E-state index in [0.29, 0.717) is 11.3 Å². The molecule has 4 aromatic rings. The Hall–Kier alpha value is -3.84. The lowest BCUT2D eigenvalue weighted by atomic mass is 10.1. The van der Waals surface area contributed by atoms with Crippen LogP contribution in [0.25, 0.3) is 28.2 Å². The molecule has 0 saturated heterocycles. The summed E-state index contributed by atoms with van der Waals surface area (Å²) in [5.41, 5.74) is 12.1. The van der Waals surface area contributed by atoms with Gasteiger partial charge in [-0.3, -0.25) is 0 Å². The number of nitrogens with two attached hydrogens (primary N) is 1. The molecule has 4 nitrogen and oxygen atoms in total. The monoisotopic (exact) mass is 336 g/mol. The van der Waals surface area contributed by atoms with Gasteiger partial charge in [-0.05, 0) is 36.4 Å². The van der Waals surface area contributed by atoms with Gasteiger partial charge in [-0.1, -0.05) is 48.5 Å². The second-order valence-corrected chi connectivity index (χ2v) is 5.94. The number of rotatable bonds is 3. The van der Waals surface area contributed by atoms with Gasteiger partial charge >= 0.3 is 0 Å². The minimum absolute atomic E-state index is 0.628. The summed E-state index contributed by atoms with van der Waals surface area (Å²) in [5, 5.41) is 13.8. The molecule has 0 aliphatic carbocycles. The van der Waals surface area contributed by atoms with Crippen LogP contribution in [0, 0.1) is 11.3 Å². The van der Waals surface area contributed by atoms with Gasteiger partial charge in [-0.25, -0.2) is 4.68 Å². The Kier molecular flexibility index (Phi) is 3.97. The molecule has 0 fully saturated rings. The topological polar surface area (TPSA) is 67.6 Å². The van der Waals surface area contributed by atoms with Gasteiger partial charge < -0.3 is 5.73 Å². The molecule has 0 spiro atoms. The molecular weight excluding hydrogens is 320 g/mol. The van der Waals surface area contributed by atoms with Crippen LogP contribution in [0.1, 0.15) is 5.56 Å². The summed E-state index contributed by atoms with van der Waals surface area (Å²) in [7, 11) is 0. The van der Waals surface area contributed by atoms with E-state index in [9.17, 15) is 0 Å². The molecule has 0 amide bonds. The molecule has 3 aromatic carbocycles. The molecular formula is C22H16N4. The Labute approximate surface area is 151 Å². The minimum atomic E-state index is 0.628. The van der Waals surface area contributed by atoms with E-state index in [1.165, 1.54) is 0 Å². The van der Waals surface area contributed by atoms with Crippen LogP contribution in [0.4, 0.5) is 5.69 Å². The van der Waals surface area contributed by atoms with E-state index in [4.69, 9.17) is 16.1 Å². The molecule has 124 valence electrons. The van der Waals surface area contributed by atoms with Gasteiger partial charge in [0.2, 0.25) is 0 Å². The summed E-state index contributed by atoms with van der Waals surface area (Å²) in [6.07, 6.45) is 0. The van der Waals surface area contributed by atoms with Crippen molar-refractivity contribution in [2.45, 2.75) is 0 Å². The van der Waals surface area contributed by atoms with Gasteiger partial charge in [-0.2, -0.15) is 10.4 Å². The van der Waals surface area contributed by atoms with Crippen LogP contribution >= 0.6 is 0 Å². The van der Waals surface area contributed by atoms with E-state index < -0.39 is 0 Å². The third-order valence-electron chi connectivity index (χ3n) is 4.26. The number of hydrogen-bond donors (Lipinski definition) is 1. The number of nitriles is 1. The smallest absolute Gasteiger partial charge is 0.0991 e. The highest BCUT2D eigenvalue weighted by atomic mass is 15.3. The molecule has 0 unspecified atom stereocenters. The quantitative estimate of drug-likeness (QED) is 0.553. The first-order valence-electron chi connectivity index (χ1n) is 8.27. The number of anilines is 1. The number of nitrogens with zero attached hydrogens (tertiary/aromatic N) is 3. The fourth-order valence-corrected chi connectivity index (χ4v) is 2.93. The van der Waals surface area contributed by atoms with E-state index in [1.807, 2.05) is 77.5 Å². The summed E-state index contributed by atoms with van der Waals surface area (Å²) in [4.78, 5) is 0. The van der Waals surface area contributed by atoms with Crippen molar-refractivity contribution < 1.29 is 0 Å². The zero-order valence-electron chi connectivity index (χ0n) is 14.0. The second-order valence-electron chi connectivity index (χ2n) is 5.94. The second kappa shape index (κ2) is 6.58. The first kappa shape index (κ1) is 15.7. The van der Waals surface area contributed by atoms with E-state index in [-0.39, 0.29) is 0 Å². The van der Waals surface area contributed by atoms with Crippen molar-refractivity contribution in [3.05, 3.63) is 90.5 Å². The van der Waals surface area contributed by atoms with E-state index in [0.717, 1.165) is 28.2 Å². The highest BCUT2D eigenvalue weighted by Crippen LogP contribution is 2.31. The fraction of sp³-hybridized carbons (Fsp3) is 0. The van der Waals surface area contributed by atoms with Gasteiger partial charge in [0, 0.05) is 16.8 Å². The van der Waals surface area contributed by atoms with Crippen molar-refractivity contribution in [3.8, 4) is 34.3 Å². The summed E-state index contributed by atoms with van der Waals surface area (Å²) in [6.45, 7) is 0. The van der Waals surface area contributed by atoms with Crippen LogP contribution in [0.3, 0.4) is 0 Å². The van der Waals surface area contributed by atoms with Crippen LogP contribution in [-0.4, -0.2) is 9.78 Å². The van der Waals surface area contributed by atoms with Crippen molar-refractivity contribution in [1.82, 2.24) is 9.78 Å². The van der Waals surface area contributed by atoms with Crippen molar-refractivity contribution >= 4 is 5.69 Å². The first-order chi connectivity index (χ1) is 12.8. The lowest BCUT2D eigenvalue weighted by Crippen LogP contribution is -2.00. The third kappa shape index (κ3) is 2.83. The maximum Gasteiger partial charge on any atom is 0.0991 e. The molecule has 4 heteroatoms. The molecule has 0 bridgehead atoms. The summed E-state index contributed by atoms with van der Waals surface area (Å²) < 4.78 is 1.90. The molecule has 0 aliphatic heterocycles. The highest BCUT2D eigenvalue weighted by Gasteiger charge is 2.14. The van der Waals surface area contributed by atoms with Crippen LogP contribution < -0.4 is 5.73 Å². The molecule has 1 aromatic heterocycles. The zero-order chi connectivity index (χ0) is 17.9. The molecule has 4 rings (SSSR count). The normalized spacial score (nSPS) is 10.4. The Morgan fingerprint density at radius 3 is 2.23 bits per heavy atom. The average molecular weight is 336 g/mol. The summed E-state index contributed by atoms with van der Waals surface area (Å²) >= 11 is 0. The maximum absolute atomic E-state index is 8.99. The van der Waals surface area contributed by atoms with Crippen molar-refractivity contribution in [1.29, 1.82) is 5.26 Å². The molecule has 0 radical (unpaired) electrons. The van der Waals surface area contributed by atoms with E-state index in [1.54, 1.807) is 12.1 Å². The van der Waals surface area contributed by atoms with Crippen LogP contribution in [0.5, 0.6) is 0 Å². The first-order valence-corrected chi connectivity index (χ1v) is 8.27. The molecule has 0 atom stereocenters. The van der Waals surface area contributed by atoms with Crippen LogP contribution in [0.15, 0.2) is 84.9 Å². The summed E-state index contributed by atoms with van der Waals surface area (Å²) in [6, 6.07) is 29.3. The zero-order valence-corrected chi connectivity index (χ0v) is 14.0. The lowest BCUT2D eigenvalue weighted by molar-refractivity contribution is 0.892. The van der Waals surface area contributed by atoms with Crippen LogP contribution in [0.2, 0.25) is 0 Å². The molecule has 1 heterocycles. The molecule has 26 heavy (non-hydrogen) atoms. The number of aromatic nitrogens is 2. The van der Waals surface area contributed by atoms with Crippen molar-refractivity contribution in [2.75, 3.05) is 5.73 Å². The standard InChI is InChI=1S/C22H16N4/c23-15-16-10-12-17(13-11-16)21-14-22(19-8-4-5-9-20(19)24)26(25-21)18-6-2-1-3-7-18/h1-14H,24H2. The third-order valence-corrected chi connectivity index (χ3v) is 4.26. The maximum atomic E-state index is 8.99. The predicted molar refractivity (Wildman–Crippen MR) is 104 cm³/mol. The number of para-hydroxylation sites is 2. The number of hydrogen-bond acceptors (Lipinski definition) is 3. The molecule has 2 N–H and O–H groups in total. The fourth-order valence-electron chi connectivity index (χ4n) is 2.93. The Bertz CT molecular complexity index is 1090. The van der Waals surface area contributed by atoms with Gasteiger partial charge in [-0.15, -0.1) is 0 Å². The van der Waals surface area contributed by atoms with Gasteiger partial charge in [0.15, 0.2) is 0 Å². The lowest BCUT2D eigenvalue weighted by Gasteiger charge is -2.09. The van der Waals surface area contributed by atoms with E-state index in [2.05, 4.69) is 6.07 Å². The number of benzene rings is 3. The Morgan fingerprint density at radius 2 is 1.54 bits per heavy atom.